The highest BCUT2D eigenvalue weighted by Crippen LogP contribution is 2.42. The van der Waals surface area contributed by atoms with E-state index in [2.05, 4.69) is 0 Å². The molecule has 1 aliphatic carbocycles. The van der Waals surface area contributed by atoms with Crippen molar-refractivity contribution in [1.29, 1.82) is 0 Å². The van der Waals surface area contributed by atoms with E-state index in [1.807, 2.05) is 20.8 Å². The maximum Gasteiger partial charge on any atom is 0.323 e. The van der Waals surface area contributed by atoms with Crippen molar-refractivity contribution in [2.75, 3.05) is 13.1 Å². The molecular formula is C14H25NO3. The Kier molecular flexibility index (Phi) is 5.17. The lowest BCUT2D eigenvalue weighted by molar-refractivity contribution is -0.150. The van der Waals surface area contributed by atoms with Crippen molar-refractivity contribution >= 4 is 11.9 Å². The van der Waals surface area contributed by atoms with E-state index < -0.39 is 5.97 Å². The summed E-state index contributed by atoms with van der Waals surface area (Å²) in [6.07, 6.45) is 4.82. The second kappa shape index (κ2) is 6.21. The summed E-state index contributed by atoms with van der Waals surface area (Å²) in [5.41, 5.74) is -0.287. The zero-order chi connectivity index (χ0) is 13.8. The van der Waals surface area contributed by atoms with Crippen molar-refractivity contribution < 1.29 is 14.7 Å². The first-order valence-corrected chi connectivity index (χ1v) is 6.92. The third-order valence-electron chi connectivity index (χ3n) is 3.89. The lowest BCUT2D eigenvalue weighted by atomic mass is 9.81. The second-order valence-electron chi connectivity index (χ2n) is 5.81. The highest BCUT2D eigenvalue weighted by molar-refractivity contribution is 5.86. The minimum absolute atomic E-state index is 0.0543. The molecule has 0 radical (unpaired) electrons. The van der Waals surface area contributed by atoms with Crippen molar-refractivity contribution in [3.63, 3.8) is 0 Å². The summed E-state index contributed by atoms with van der Waals surface area (Å²) in [7, 11) is 0. The standard InChI is InChI=1S/C14H25NO3/c1-4-14(7-5-6-8-14)13(18)15(9-11(2)3)10-12(16)17/h11H,4-10H2,1-3H3,(H,16,17). The second-order valence-corrected chi connectivity index (χ2v) is 5.81. The monoisotopic (exact) mass is 255 g/mol. The summed E-state index contributed by atoms with van der Waals surface area (Å²) in [5.74, 6) is -0.574. The Morgan fingerprint density at radius 1 is 1.28 bits per heavy atom. The molecule has 0 aromatic rings. The number of carboxylic acids is 1. The molecule has 0 bridgehead atoms. The number of hydrogen-bond acceptors (Lipinski definition) is 2. The smallest absolute Gasteiger partial charge is 0.323 e. The summed E-state index contributed by atoms with van der Waals surface area (Å²) in [6.45, 7) is 6.42. The fourth-order valence-electron chi connectivity index (χ4n) is 2.93. The van der Waals surface area contributed by atoms with Gasteiger partial charge in [-0.15, -0.1) is 0 Å². The van der Waals surface area contributed by atoms with Crippen LogP contribution in [0.25, 0.3) is 0 Å². The fraction of sp³-hybridized carbons (Fsp3) is 0.857. The lowest BCUT2D eigenvalue weighted by Gasteiger charge is -2.33. The summed E-state index contributed by atoms with van der Waals surface area (Å²) in [6, 6.07) is 0. The van der Waals surface area contributed by atoms with E-state index in [-0.39, 0.29) is 17.9 Å². The molecule has 1 aliphatic rings. The first-order chi connectivity index (χ1) is 8.41. The van der Waals surface area contributed by atoms with Gasteiger partial charge in [-0.05, 0) is 25.2 Å². The van der Waals surface area contributed by atoms with Gasteiger partial charge in [-0.1, -0.05) is 33.6 Å². The number of nitrogens with zero attached hydrogens (tertiary/aromatic N) is 1. The number of carbonyl (C=O) groups is 2. The third kappa shape index (κ3) is 3.47. The van der Waals surface area contributed by atoms with Crippen LogP contribution in [-0.2, 0) is 9.59 Å². The van der Waals surface area contributed by atoms with Gasteiger partial charge >= 0.3 is 5.97 Å². The highest BCUT2D eigenvalue weighted by Gasteiger charge is 2.42. The number of rotatable bonds is 6. The van der Waals surface area contributed by atoms with Gasteiger partial charge in [0, 0.05) is 12.0 Å². The van der Waals surface area contributed by atoms with Crippen LogP contribution in [0.15, 0.2) is 0 Å². The van der Waals surface area contributed by atoms with Gasteiger partial charge in [-0.25, -0.2) is 0 Å². The van der Waals surface area contributed by atoms with Crippen molar-refractivity contribution in [3.8, 4) is 0 Å². The number of amides is 1. The number of carboxylic acid groups (broad SMARTS) is 1. The van der Waals surface area contributed by atoms with Crippen LogP contribution in [0.5, 0.6) is 0 Å². The van der Waals surface area contributed by atoms with Gasteiger partial charge in [0.2, 0.25) is 5.91 Å². The number of aliphatic carboxylic acids is 1. The summed E-state index contributed by atoms with van der Waals surface area (Å²) < 4.78 is 0. The molecule has 1 amide bonds. The van der Waals surface area contributed by atoms with Crippen LogP contribution in [-0.4, -0.2) is 35.0 Å². The topological polar surface area (TPSA) is 57.6 Å². The maximum absolute atomic E-state index is 12.6. The molecule has 1 N–H and O–H groups in total. The zero-order valence-corrected chi connectivity index (χ0v) is 11.7. The Labute approximate surface area is 109 Å². The Balaban J connectivity index is 2.82. The fourth-order valence-corrected chi connectivity index (χ4v) is 2.93. The van der Waals surface area contributed by atoms with Gasteiger partial charge in [-0.3, -0.25) is 9.59 Å². The molecular weight excluding hydrogens is 230 g/mol. The van der Waals surface area contributed by atoms with E-state index in [9.17, 15) is 9.59 Å². The SMILES string of the molecule is CCC1(C(=O)N(CC(=O)O)CC(C)C)CCCC1. The van der Waals surface area contributed by atoms with Crippen LogP contribution in [0.3, 0.4) is 0 Å². The molecule has 0 saturated heterocycles. The molecule has 0 heterocycles. The normalized spacial score (nSPS) is 18.0. The molecule has 4 nitrogen and oxygen atoms in total. The van der Waals surface area contributed by atoms with E-state index in [1.165, 1.54) is 0 Å². The van der Waals surface area contributed by atoms with Crippen LogP contribution in [0.1, 0.15) is 52.9 Å². The molecule has 1 fully saturated rings. The van der Waals surface area contributed by atoms with Crippen molar-refractivity contribution in [1.82, 2.24) is 4.90 Å². The quantitative estimate of drug-likeness (QED) is 0.793. The minimum atomic E-state index is -0.923. The molecule has 0 unspecified atom stereocenters. The van der Waals surface area contributed by atoms with Gasteiger partial charge < -0.3 is 10.0 Å². The van der Waals surface area contributed by atoms with Gasteiger partial charge in [0.1, 0.15) is 6.54 Å². The van der Waals surface area contributed by atoms with E-state index in [4.69, 9.17) is 5.11 Å². The van der Waals surface area contributed by atoms with Crippen LogP contribution in [0.2, 0.25) is 0 Å². The molecule has 0 aliphatic heterocycles. The first-order valence-electron chi connectivity index (χ1n) is 6.92. The Hall–Kier alpha value is -1.06. The van der Waals surface area contributed by atoms with Crippen LogP contribution in [0.4, 0.5) is 0 Å². The first kappa shape index (κ1) is 15.0. The van der Waals surface area contributed by atoms with E-state index >= 15 is 0 Å². The summed E-state index contributed by atoms with van der Waals surface area (Å²) in [5, 5.41) is 8.95. The Morgan fingerprint density at radius 3 is 2.22 bits per heavy atom. The molecule has 0 spiro atoms. The van der Waals surface area contributed by atoms with Crippen LogP contribution >= 0.6 is 0 Å². The average Bonchev–Trinajstić information content (AvgIpc) is 2.75. The van der Waals surface area contributed by atoms with Crippen LogP contribution < -0.4 is 0 Å². The highest BCUT2D eigenvalue weighted by atomic mass is 16.4. The molecule has 1 saturated carbocycles. The Bertz CT molecular complexity index is 306. The van der Waals surface area contributed by atoms with Gasteiger partial charge in [0.05, 0.1) is 0 Å². The molecule has 0 atom stereocenters. The van der Waals surface area contributed by atoms with Gasteiger partial charge in [0.25, 0.3) is 0 Å². The molecule has 0 aromatic heterocycles. The lowest BCUT2D eigenvalue weighted by Crippen LogP contribution is -2.46. The van der Waals surface area contributed by atoms with Crippen LogP contribution in [0, 0.1) is 11.3 Å². The summed E-state index contributed by atoms with van der Waals surface area (Å²) >= 11 is 0. The van der Waals surface area contributed by atoms with Gasteiger partial charge in [0.15, 0.2) is 0 Å². The number of hydrogen-bond donors (Lipinski definition) is 1. The zero-order valence-electron chi connectivity index (χ0n) is 11.7. The van der Waals surface area contributed by atoms with E-state index in [0.29, 0.717) is 12.5 Å². The van der Waals surface area contributed by atoms with E-state index in [0.717, 1.165) is 32.1 Å². The minimum Gasteiger partial charge on any atom is -0.480 e. The number of carbonyl (C=O) groups excluding carboxylic acids is 1. The molecule has 0 aromatic carbocycles. The summed E-state index contributed by atoms with van der Waals surface area (Å²) in [4.78, 5) is 25.1. The van der Waals surface area contributed by atoms with Gasteiger partial charge in [-0.2, -0.15) is 0 Å². The van der Waals surface area contributed by atoms with Crippen molar-refractivity contribution in [3.05, 3.63) is 0 Å². The molecule has 4 heteroatoms. The third-order valence-corrected chi connectivity index (χ3v) is 3.89. The average molecular weight is 255 g/mol. The van der Waals surface area contributed by atoms with Crippen molar-refractivity contribution in [2.45, 2.75) is 52.9 Å². The largest absolute Gasteiger partial charge is 0.480 e. The molecule has 104 valence electrons. The predicted octanol–water partition coefficient (Wildman–Crippen LogP) is 2.53. The van der Waals surface area contributed by atoms with E-state index in [1.54, 1.807) is 4.90 Å². The van der Waals surface area contributed by atoms with Crippen molar-refractivity contribution in [2.24, 2.45) is 11.3 Å². The Morgan fingerprint density at radius 2 is 1.83 bits per heavy atom. The molecule has 1 rings (SSSR count). The predicted molar refractivity (Wildman–Crippen MR) is 70.2 cm³/mol. The molecule has 18 heavy (non-hydrogen) atoms. The maximum atomic E-state index is 12.6.